The molecule has 2 aliphatic carbocycles. The fourth-order valence-electron chi connectivity index (χ4n) is 2.12. The summed E-state index contributed by atoms with van der Waals surface area (Å²) in [5.74, 6) is 0. The first-order valence-electron chi connectivity index (χ1n) is 5.53. The van der Waals surface area contributed by atoms with E-state index in [0.29, 0.717) is 12.6 Å². The van der Waals surface area contributed by atoms with Gasteiger partial charge in [-0.05, 0) is 25.7 Å². The number of carbonyl (C=O) groups excluding carboxylic acids is 1. The Labute approximate surface area is 84.6 Å². The highest BCUT2D eigenvalue weighted by atomic mass is 16.2. The monoisotopic (exact) mass is 197 g/mol. The van der Waals surface area contributed by atoms with Crippen molar-refractivity contribution in [3.05, 3.63) is 0 Å². The fourth-order valence-corrected chi connectivity index (χ4v) is 2.12. The number of urea groups is 1. The van der Waals surface area contributed by atoms with Crippen LogP contribution in [0.5, 0.6) is 0 Å². The Morgan fingerprint density at radius 1 is 1.36 bits per heavy atom. The van der Waals surface area contributed by atoms with Gasteiger partial charge in [0.1, 0.15) is 0 Å². The molecule has 2 saturated carbocycles. The van der Waals surface area contributed by atoms with Gasteiger partial charge in [0.05, 0.1) is 5.54 Å². The molecule has 4 heteroatoms. The summed E-state index contributed by atoms with van der Waals surface area (Å²) in [6.07, 6.45) is 6.68. The minimum absolute atomic E-state index is 0.0279. The molecule has 2 amide bonds. The molecule has 0 heterocycles. The molecule has 2 fully saturated rings. The number of hydrogen-bond donors (Lipinski definition) is 3. The summed E-state index contributed by atoms with van der Waals surface area (Å²) in [6, 6.07) is 0.395. The van der Waals surface area contributed by atoms with Crippen LogP contribution in [0.1, 0.15) is 38.5 Å². The lowest BCUT2D eigenvalue weighted by atomic mass is 9.98. The van der Waals surface area contributed by atoms with Crippen LogP contribution in [0.4, 0.5) is 4.79 Å². The Balaban J connectivity index is 1.83. The van der Waals surface area contributed by atoms with Crippen LogP contribution in [0.15, 0.2) is 0 Å². The zero-order valence-electron chi connectivity index (χ0n) is 8.51. The predicted octanol–water partition coefficient (Wildman–Crippen LogP) is 0.719. The van der Waals surface area contributed by atoms with Crippen LogP contribution in [0, 0.1) is 0 Å². The maximum absolute atomic E-state index is 11.5. The van der Waals surface area contributed by atoms with Gasteiger partial charge in [-0.15, -0.1) is 0 Å². The van der Waals surface area contributed by atoms with Gasteiger partial charge in [0.2, 0.25) is 0 Å². The average molecular weight is 197 g/mol. The van der Waals surface area contributed by atoms with E-state index >= 15 is 0 Å². The highest BCUT2D eigenvalue weighted by molar-refractivity contribution is 5.75. The first-order chi connectivity index (χ1) is 6.74. The highest BCUT2D eigenvalue weighted by Gasteiger charge is 2.35. The molecule has 2 rings (SSSR count). The van der Waals surface area contributed by atoms with E-state index in [1.807, 2.05) is 0 Å². The first kappa shape index (κ1) is 9.77. The van der Waals surface area contributed by atoms with Gasteiger partial charge in [-0.25, -0.2) is 4.79 Å². The van der Waals surface area contributed by atoms with Crippen LogP contribution in [-0.2, 0) is 0 Å². The molecule has 2 aliphatic rings. The zero-order chi connectivity index (χ0) is 10.0. The normalized spacial score (nSPS) is 24.6. The van der Waals surface area contributed by atoms with Crippen LogP contribution in [-0.4, -0.2) is 24.2 Å². The van der Waals surface area contributed by atoms with E-state index in [2.05, 4.69) is 10.6 Å². The lowest BCUT2D eigenvalue weighted by Crippen LogP contribution is -2.55. The van der Waals surface area contributed by atoms with E-state index in [0.717, 1.165) is 25.7 Å². The summed E-state index contributed by atoms with van der Waals surface area (Å²) < 4.78 is 0. The summed E-state index contributed by atoms with van der Waals surface area (Å²) in [7, 11) is 0. The summed E-state index contributed by atoms with van der Waals surface area (Å²) in [5.41, 5.74) is 5.61. The lowest BCUT2D eigenvalue weighted by Gasteiger charge is -2.28. The Morgan fingerprint density at radius 2 is 2.00 bits per heavy atom. The van der Waals surface area contributed by atoms with Crippen molar-refractivity contribution < 1.29 is 4.79 Å². The molecule has 0 radical (unpaired) electrons. The summed E-state index contributed by atoms with van der Waals surface area (Å²) in [5, 5.41) is 5.97. The van der Waals surface area contributed by atoms with Gasteiger partial charge < -0.3 is 16.4 Å². The molecular formula is C10H19N3O. The molecule has 0 spiro atoms. The first-order valence-corrected chi connectivity index (χ1v) is 5.53. The van der Waals surface area contributed by atoms with Crippen LogP contribution in [0.2, 0.25) is 0 Å². The van der Waals surface area contributed by atoms with Gasteiger partial charge in [0.25, 0.3) is 0 Å². The topological polar surface area (TPSA) is 67.1 Å². The molecule has 0 aliphatic heterocycles. The van der Waals surface area contributed by atoms with Gasteiger partial charge in [-0.2, -0.15) is 0 Å². The van der Waals surface area contributed by atoms with E-state index in [9.17, 15) is 4.79 Å². The summed E-state index contributed by atoms with van der Waals surface area (Å²) in [6.45, 7) is 0.561. The van der Waals surface area contributed by atoms with E-state index in [-0.39, 0.29) is 11.6 Å². The molecule has 0 aromatic heterocycles. The Hall–Kier alpha value is -0.770. The third-order valence-electron chi connectivity index (χ3n) is 3.24. The van der Waals surface area contributed by atoms with Crippen molar-refractivity contribution in [2.75, 3.05) is 6.54 Å². The van der Waals surface area contributed by atoms with E-state index in [1.54, 1.807) is 0 Å². The number of nitrogens with two attached hydrogens (primary N) is 1. The minimum atomic E-state index is -0.112. The molecule has 0 bridgehead atoms. The summed E-state index contributed by atoms with van der Waals surface area (Å²) >= 11 is 0. The molecule has 4 N–H and O–H groups in total. The lowest BCUT2D eigenvalue weighted by molar-refractivity contribution is 0.225. The third kappa shape index (κ3) is 2.18. The predicted molar refractivity (Wildman–Crippen MR) is 54.9 cm³/mol. The van der Waals surface area contributed by atoms with Crippen molar-refractivity contribution in [1.29, 1.82) is 0 Å². The number of nitrogens with one attached hydrogen (secondary N) is 2. The van der Waals surface area contributed by atoms with Gasteiger partial charge in [0, 0.05) is 12.6 Å². The molecule has 80 valence electrons. The number of rotatable bonds is 3. The molecule has 0 saturated heterocycles. The van der Waals surface area contributed by atoms with Crippen molar-refractivity contribution in [1.82, 2.24) is 10.6 Å². The second-order valence-corrected chi connectivity index (χ2v) is 4.56. The van der Waals surface area contributed by atoms with Crippen LogP contribution >= 0.6 is 0 Å². The maximum atomic E-state index is 11.5. The van der Waals surface area contributed by atoms with Crippen molar-refractivity contribution in [3.8, 4) is 0 Å². The largest absolute Gasteiger partial charge is 0.335 e. The zero-order valence-corrected chi connectivity index (χ0v) is 8.51. The Kier molecular flexibility index (Phi) is 2.63. The number of hydrogen-bond acceptors (Lipinski definition) is 2. The molecule has 0 aromatic rings. The van der Waals surface area contributed by atoms with Crippen molar-refractivity contribution in [3.63, 3.8) is 0 Å². The van der Waals surface area contributed by atoms with Gasteiger partial charge in [-0.1, -0.05) is 12.8 Å². The standard InChI is InChI=1S/C10H19N3O/c11-7-10(5-1-2-6-10)13-9(14)12-8-3-4-8/h8H,1-7,11H2,(H2,12,13,14). The maximum Gasteiger partial charge on any atom is 0.315 e. The third-order valence-corrected chi connectivity index (χ3v) is 3.24. The fraction of sp³-hybridized carbons (Fsp3) is 0.900. The smallest absolute Gasteiger partial charge is 0.315 e. The summed E-state index contributed by atoms with van der Waals surface area (Å²) in [4.78, 5) is 11.5. The average Bonchev–Trinajstić information content (AvgIpc) is 2.83. The second-order valence-electron chi connectivity index (χ2n) is 4.56. The molecular weight excluding hydrogens is 178 g/mol. The van der Waals surface area contributed by atoms with E-state index in [1.165, 1.54) is 12.8 Å². The van der Waals surface area contributed by atoms with Crippen molar-refractivity contribution in [2.24, 2.45) is 5.73 Å². The van der Waals surface area contributed by atoms with Crippen LogP contribution in [0.3, 0.4) is 0 Å². The van der Waals surface area contributed by atoms with Crippen LogP contribution < -0.4 is 16.4 Å². The van der Waals surface area contributed by atoms with Gasteiger partial charge in [-0.3, -0.25) is 0 Å². The Morgan fingerprint density at radius 3 is 2.50 bits per heavy atom. The molecule has 0 atom stereocenters. The second kappa shape index (κ2) is 3.77. The highest BCUT2D eigenvalue weighted by Crippen LogP contribution is 2.28. The van der Waals surface area contributed by atoms with Crippen molar-refractivity contribution >= 4 is 6.03 Å². The Bertz CT molecular complexity index is 219. The SMILES string of the molecule is NCC1(NC(=O)NC2CC2)CCCC1. The van der Waals surface area contributed by atoms with E-state index in [4.69, 9.17) is 5.73 Å². The van der Waals surface area contributed by atoms with Gasteiger partial charge in [0.15, 0.2) is 0 Å². The molecule has 0 aromatic carbocycles. The molecule has 4 nitrogen and oxygen atoms in total. The molecule has 14 heavy (non-hydrogen) atoms. The van der Waals surface area contributed by atoms with Crippen molar-refractivity contribution in [2.45, 2.75) is 50.1 Å². The van der Waals surface area contributed by atoms with E-state index < -0.39 is 0 Å². The number of carbonyl (C=O) groups is 1. The van der Waals surface area contributed by atoms with Gasteiger partial charge >= 0.3 is 6.03 Å². The van der Waals surface area contributed by atoms with Crippen LogP contribution in [0.25, 0.3) is 0 Å². The number of amides is 2. The molecule has 0 unspecified atom stereocenters. The quantitative estimate of drug-likeness (QED) is 0.624. The minimum Gasteiger partial charge on any atom is -0.335 e.